The lowest BCUT2D eigenvalue weighted by Gasteiger charge is -2.29. The van der Waals surface area contributed by atoms with Crippen LogP contribution in [-0.2, 0) is 22.0 Å². The summed E-state index contributed by atoms with van der Waals surface area (Å²) in [5.74, 6) is -1.26. The van der Waals surface area contributed by atoms with Crippen LogP contribution in [-0.4, -0.2) is 39.7 Å². The number of hydrogen-bond donors (Lipinski definition) is 3. The van der Waals surface area contributed by atoms with Crippen LogP contribution in [0.15, 0.2) is 45.8 Å². The van der Waals surface area contributed by atoms with Gasteiger partial charge < -0.3 is 15.7 Å². The van der Waals surface area contributed by atoms with Gasteiger partial charge in [0.15, 0.2) is 0 Å². The Hall–Kier alpha value is -1.68. The minimum atomic E-state index is -1.06. The van der Waals surface area contributed by atoms with Crippen molar-refractivity contribution in [2.45, 2.75) is 42.8 Å². The number of halogens is 3. The fourth-order valence-corrected chi connectivity index (χ4v) is 5.37. The summed E-state index contributed by atoms with van der Waals surface area (Å²) in [5.41, 5.74) is 1.25. The topological polar surface area (TPSA) is 78.4 Å². The van der Waals surface area contributed by atoms with Crippen molar-refractivity contribution in [3.63, 3.8) is 0 Å². The molecule has 3 N–H and O–H groups in total. The zero-order valence-electron chi connectivity index (χ0n) is 16.3. The SMILES string of the molecule is CC(=O)NC(Cc1cc(F)cc(F)c1)C(O)CNC1CCS(=O)c2ccc(Br)cc21. The Morgan fingerprint density at radius 3 is 2.63 bits per heavy atom. The second kappa shape index (κ2) is 10.1. The molecular weight excluding hydrogens is 478 g/mol. The van der Waals surface area contributed by atoms with E-state index >= 15 is 0 Å². The Morgan fingerprint density at radius 2 is 1.97 bits per heavy atom. The van der Waals surface area contributed by atoms with Crippen molar-refractivity contribution in [1.29, 1.82) is 0 Å². The minimum absolute atomic E-state index is 0.0773. The van der Waals surface area contributed by atoms with Crippen molar-refractivity contribution in [1.82, 2.24) is 10.6 Å². The molecule has 0 aliphatic carbocycles. The minimum Gasteiger partial charge on any atom is -0.390 e. The summed E-state index contributed by atoms with van der Waals surface area (Å²) in [6.07, 6.45) is -0.278. The molecule has 1 aliphatic rings. The van der Waals surface area contributed by atoms with E-state index in [1.807, 2.05) is 18.2 Å². The van der Waals surface area contributed by atoms with Crippen LogP contribution in [0, 0.1) is 11.6 Å². The molecular formula is C21H23BrF2N2O3S. The van der Waals surface area contributed by atoms with Crippen LogP contribution >= 0.6 is 15.9 Å². The number of fused-ring (bicyclic) bond motifs is 1. The molecule has 30 heavy (non-hydrogen) atoms. The number of carbonyl (C=O) groups is 1. The molecule has 0 radical (unpaired) electrons. The third-order valence-electron chi connectivity index (χ3n) is 4.99. The number of benzene rings is 2. The first kappa shape index (κ1) is 23.0. The third kappa shape index (κ3) is 5.94. The van der Waals surface area contributed by atoms with E-state index in [0.29, 0.717) is 17.7 Å². The van der Waals surface area contributed by atoms with Crippen LogP contribution < -0.4 is 10.6 Å². The number of rotatable bonds is 7. The van der Waals surface area contributed by atoms with Crippen LogP contribution in [0.5, 0.6) is 0 Å². The normalized spacial score (nSPS) is 20.3. The zero-order chi connectivity index (χ0) is 21.8. The quantitative estimate of drug-likeness (QED) is 0.546. The highest BCUT2D eigenvalue weighted by atomic mass is 79.9. The predicted octanol–water partition coefficient (Wildman–Crippen LogP) is 2.98. The molecule has 0 aromatic heterocycles. The molecule has 3 rings (SSSR count). The average molecular weight is 501 g/mol. The number of aliphatic hydroxyl groups is 1. The van der Waals surface area contributed by atoms with Gasteiger partial charge in [-0.25, -0.2) is 8.78 Å². The van der Waals surface area contributed by atoms with Gasteiger partial charge in [0.25, 0.3) is 0 Å². The predicted molar refractivity (Wildman–Crippen MR) is 114 cm³/mol. The molecule has 0 bridgehead atoms. The Balaban J connectivity index is 1.71. The number of hydrogen-bond acceptors (Lipinski definition) is 4. The number of carbonyl (C=O) groups excluding carboxylic acids is 1. The van der Waals surface area contributed by atoms with Gasteiger partial charge in [-0.05, 0) is 54.3 Å². The molecule has 1 heterocycles. The summed E-state index contributed by atoms with van der Waals surface area (Å²) >= 11 is 3.43. The third-order valence-corrected chi connectivity index (χ3v) is 6.95. The van der Waals surface area contributed by atoms with E-state index in [1.54, 1.807) is 0 Å². The first-order chi connectivity index (χ1) is 14.2. The van der Waals surface area contributed by atoms with Crippen LogP contribution in [0.25, 0.3) is 0 Å². The molecule has 0 saturated carbocycles. The molecule has 5 nitrogen and oxygen atoms in total. The van der Waals surface area contributed by atoms with Gasteiger partial charge in [0.2, 0.25) is 5.91 Å². The summed E-state index contributed by atoms with van der Waals surface area (Å²) in [6.45, 7) is 1.47. The smallest absolute Gasteiger partial charge is 0.217 e. The van der Waals surface area contributed by atoms with Gasteiger partial charge in [-0.15, -0.1) is 0 Å². The van der Waals surface area contributed by atoms with E-state index < -0.39 is 34.6 Å². The van der Waals surface area contributed by atoms with Crippen molar-refractivity contribution >= 4 is 32.6 Å². The van der Waals surface area contributed by atoms with Crippen LogP contribution in [0.4, 0.5) is 8.78 Å². The fraction of sp³-hybridized carbons (Fsp3) is 0.381. The highest BCUT2D eigenvalue weighted by Crippen LogP contribution is 2.32. The maximum atomic E-state index is 13.5. The highest BCUT2D eigenvalue weighted by Gasteiger charge is 2.27. The lowest BCUT2D eigenvalue weighted by Crippen LogP contribution is -2.48. The summed E-state index contributed by atoms with van der Waals surface area (Å²) in [7, 11) is -1.06. The van der Waals surface area contributed by atoms with Gasteiger partial charge in [-0.1, -0.05) is 15.9 Å². The lowest BCUT2D eigenvalue weighted by atomic mass is 9.99. The second-order valence-electron chi connectivity index (χ2n) is 7.34. The maximum Gasteiger partial charge on any atom is 0.217 e. The molecule has 0 fully saturated rings. The van der Waals surface area contributed by atoms with Gasteiger partial charge >= 0.3 is 0 Å². The van der Waals surface area contributed by atoms with E-state index in [9.17, 15) is 22.9 Å². The fourth-order valence-electron chi connectivity index (χ4n) is 3.63. The Kier molecular flexibility index (Phi) is 7.73. The first-order valence-corrected chi connectivity index (χ1v) is 11.7. The molecule has 4 atom stereocenters. The first-order valence-electron chi connectivity index (χ1n) is 9.54. The number of nitrogens with one attached hydrogen (secondary N) is 2. The Bertz CT molecular complexity index is 940. The van der Waals surface area contributed by atoms with Gasteiger partial charge in [0.05, 0.1) is 22.9 Å². The van der Waals surface area contributed by atoms with Gasteiger partial charge in [-0.2, -0.15) is 0 Å². The van der Waals surface area contributed by atoms with Gasteiger partial charge in [0.1, 0.15) is 11.6 Å². The molecule has 2 aromatic carbocycles. The highest BCUT2D eigenvalue weighted by molar-refractivity contribution is 9.10. The van der Waals surface area contributed by atoms with Crippen molar-refractivity contribution in [3.05, 3.63) is 63.6 Å². The largest absolute Gasteiger partial charge is 0.390 e. The molecule has 2 aromatic rings. The zero-order valence-corrected chi connectivity index (χ0v) is 18.7. The molecule has 9 heteroatoms. The van der Waals surface area contributed by atoms with Crippen LogP contribution in [0.2, 0.25) is 0 Å². The number of amides is 1. The molecule has 1 aliphatic heterocycles. The summed E-state index contributed by atoms with van der Waals surface area (Å²) in [6, 6.07) is 7.90. The van der Waals surface area contributed by atoms with E-state index in [0.717, 1.165) is 21.0 Å². The summed E-state index contributed by atoms with van der Waals surface area (Å²) in [4.78, 5) is 12.4. The van der Waals surface area contributed by atoms with E-state index in [4.69, 9.17) is 0 Å². The summed E-state index contributed by atoms with van der Waals surface area (Å²) < 4.78 is 40.2. The number of aliphatic hydroxyl groups excluding tert-OH is 1. The van der Waals surface area contributed by atoms with E-state index in [-0.39, 0.29) is 24.9 Å². The Morgan fingerprint density at radius 1 is 1.27 bits per heavy atom. The van der Waals surface area contributed by atoms with Crippen molar-refractivity contribution in [2.24, 2.45) is 0 Å². The molecule has 0 spiro atoms. The summed E-state index contributed by atoms with van der Waals surface area (Å²) in [5, 5.41) is 16.7. The van der Waals surface area contributed by atoms with Gasteiger partial charge in [-0.3, -0.25) is 9.00 Å². The maximum absolute atomic E-state index is 13.5. The molecule has 1 amide bonds. The molecule has 4 unspecified atom stereocenters. The van der Waals surface area contributed by atoms with Gasteiger partial charge in [0, 0.05) is 40.7 Å². The Labute approximate surface area is 184 Å². The van der Waals surface area contributed by atoms with Crippen LogP contribution in [0.3, 0.4) is 0 Å². The lowest BCUT2D eigenvalue weighted by molar-refractivity contribution is -0.120. The second-order valence-corrected chi connectivity index (χ2v) is 9.79. The average Bonchev–Trinajstić information content (AvgIpc) is 2.65. The monoisotopic (exact) mass is 500 g/mol. The molecule has 0 saturated heterocycles. The van der Waals surface area contributed by atoms with Crippen LogP contribution in [0.1, 0.15) is 30.5 Å². The standard InChI is InChI=1S/C21H23BrF2N2O3S/c1-12(27)26-19(8-13-6-15(23)10-16(24)7-13)20(28)11-25-18-4-5-30(29)21-3-2-14(22)9-17(18)21/h2-3,6-7,9-10,18-20,25,28H,4-5,8,11H2,1H3,(H,26,27). The van der Waals surface area contributed by atoms with E-state index in [1.165, 1.54) is 19.1 Å². The van der Waals surface area contributed by atoms with E-state index in [2.05, 4.69) is 26.6 Å². The van der Waals surface area contributed by atoms with Crippen molar-refractivity contribution < 1.29 is 22.9 Å². The molecule has 162 valence electrons. The van der Waals surface area contributed by atoms with Crippen molar-refractivity contribution in [3.8, 4) is 0 Å². The van der Waals surface area contributed by atoms with Crippen molar-refractivity contribution in [2.75, 3.05) is 12.3 Å².